The van der Waals surface area contributed by atoms with E-state index in [0.717, 1.165) is 47.7 Å². The number of carbonyl (C=O) groups is 2. The first-order valence-corrected chi connectivity index (χ1v) is 12.0. The monoisotopic (exact) mass is 452 g/mol. The first-order chi connectivity index (χ1) is 16.6. The first-order valence-electron chi connectivity index (χ1n) is 12.0. The highest BCUT2D eigenvalue weighted by Gasteiger charge is 2.31. The molecule has 2 fully saturated rings. The third kappa shape index (κ3) is 5.04. The van der Waals surface area contributed by atoms with Gasteiger partial charge in [-0.05, 0) is 55.5 Å². The summed E-state index contributed by atoms with van der Waals surface area (Å²) in [5.74, 6) is -0.0343. The fraction of sp³-hybridized carbons (Fsp3) is 0.321. The zero-order chi connectivity index (χ0) is 23.5. The minimum atomic E-state index is -0.0268. The van der Waals surface area contributed by atoms with Crippen LogP contribution in [0.3, 0.4) is 0 Å². The molecule has 6 nitrogen and oxygen atoms in total. The van der Waals surface area contributed by atoms with Crippen LogP contribution in [0.1, 0.15) is 53.6 Å². The number of hydrogen-bond donors (Lipinski definition) is 1. The highest BCUT2D eigenvalue weighted by molar-refractivity contribution is 5.97. The molecule has 1 heterocycles. The Balaban J connectivity index is 1.29. The molecule has 6 heteroatoms. The van der Waals surface area contributed by atoms with Crippen molar-refractivity contribution in [2.24, 2.45) is 0 Å². The SMILES string of the molecule is N#CCCn1cc(/C=C/C(=O)N(Cc2ccc(C(=O)NC3CC3)cc2)C2CC2)c2ccccc21. The third-order valence-electron chi connectivity index (χ3n) is 6.44. The van der Waals surface area contributed by atoms with Crippen molar-refractivity contribution in [3.63, 3.8) is 0 Å². The summed E-state index contributed by atoms with van der Waals surface area (Å²) in [5, 5.41) is 13.0. The molecule has 0 unspecified atom stereocenters. The van der Waals surface area contributed by atoms with Gasteiger partial charge in [0.2, 0.25) is 5.91 Å². The van der Waals surface area contributed by atoms with E-state index in [1.807, 2.05) is 65.7 Å². The summed E-state index contributed by atoms with van der Waals surface area (Å²) < 4.78 is 2.07. The second kappa shape index (κ2) is 9.56. The van der Waals surface area contributed by atoms with Gasteiger partial charge in [0.1, 0.15) is 0 Å². The van der Waals surface area contributed by atoms with Crippen molar-refractivity contribution in [2.45, 2.75) is 57.3 Å². The number of para-hydroxylation sites is 1. The van der Waals surface area contributed by atoms with Crippen LogP contribution < -0.4 is 5.32 Å². The number of amides is 2. The van der Waals surface area contributed by atoms with Gasteiger partial charge in [-0.25, -0.2) is 0 Å². The number of hydrogen-bond acceptors (Lipinski definition) is 3. The van der Waals surface area contributed by atoms with E-state index in [-0.39, 0.29) is 17.9 Å². The summed E-state index contributed by atoms with van der Waals surface area (Å²) in [6.07, 6.45) is 10.2. The molecule has 2 aromatic carbocycles. The topological polar surface area (TPSA) is 78.1 Å². The molecule has 0 bridgehead atoms. The summed E-state index contributed by atoms with van der Waals surface area (Å²) in [7, 11) is 0. The van der Waals surface area contributed by atoms with Crippen LogP contribution in [0.2, 0.25) is 0 Å². The molecular weight excluding hydrogens is 424 g/mol. The van der Waals surface area contributed by atoms with Crippen LogP contribution in [0.4, 0.5) is 0 Å². The third-order valence-corrected chi connectivity index (χ3v) is 6.44. The molecule has 2 saturated carbocycles. The Morgan fingerprint density at radius 1 is 1.09 bits per heavy atom. The van der Waals surface area contributed by atoms with Crippen LogP contribution in [0.15, 0.2) is 60.8 Å². The quantitative estimate of drug-likeness (QED) is 0.480. The molecule has 0 aliphatic heterocycles. The molecule has 2 amide bonds. The predicted octanol–water partition coefficient (Wildman–Crippen LogP) is 4.65. The molecule has 0 radical (unpaired) electrons. The Hall–Kier alpha value is -3.85. The Kier molecular flexibility index (Phi) is 6.18. The van der Waals surface area contributed by atoms with Crippen LogP contribution in [0.25, 0.3) is 17.0 Å². The Morgan fingerprint density at radius 2 is 1.85 bits per heavy atom. The molecule has 1 aromatic heterocycles. The zero-order valence-corrected chi connectivity index (χ0v) is 19.1. The number of carbonyl (C=O) groups excluding carboxylic acids is 2. The van der Waals surface area contributed by atoms with Crippen LogP contribution in [-0.2, 0) is 17.9 Å². The van der Waals surface area contributed by atoms with E-state index in [2.05, 4.69) is 16.0 Å². The van der Waals surface area contributed by atoms with Gasteiger partial charge < -0.3 is 14.8 Å². The fourth-order valence-electron chi connectivity index (χ4n) is 4.25. The van der Waals surface area contributed by atoms with Crippen molar-refractivity contribution in [1.29, 1.82) is 5.26 Å². The van der Waals surface area contributed by atoms with E-state index in [1.165, 1.54) is 0 Å². The second-order valence-corrected chi connectivity index (χ2v) is 9.18. The predicted molar refractivity (Wildman–Crippen MR) is 132 cm³/mol. The summed E-state index contributed by atoms with van der Waals surface area (Å²) in [6.45, 7) is 1.16. The lowest BCUT2D eigenvalue weighted by Crippen LogP contribution is -2.31. The first kappa shape index (κ1) is 22.0. The minimum absolute atomic E-state index is 0.00749. The average molecular weight is 453 g/mol. The lowest BCUT2D eigenvalue weighted by molar-refractivity contribution is -0.127. The van der Waals surface area contributed by atoms with Gasteiger partial charge in [0.25, 0.3) is 5.91 Å². The van der Waals surface area contributed by atoms with Gasteiger partial charge in [-0.15, -0.1) is 0 Å². The molecule has 172 valence electrons. The number of nitrogens with zero attached hydrogens (tertiary/aromatic N) is 3. The van der Waals surface area contributed by atoms with Crippen LogP contribution in [0, 0.1) is 11.3 Å². The van der Waals surface area contributed by atoms with Crippen molar-refractivity contribution in [1.82, 2.24) is 14.8 Å². The van der Waals surface area contributed by atoms with Gasteiger partial charge in [-0.3, -0.25) is 9.59 Å². The number of nitriles is 1. The van der Waals surface area contributed by atoms with Gasteiger partial charge in [0, 0.05) is 59.5 Å². The molecule has 3 aromatic rings. The van der Waals surface area contributed by atoms with Crippen molar-refractivity contribution in [3.8, 4) is 6.07 Å². The summed E-state index contributed by atoms with van der Waals surface area (Å²) in [4.78, 5) is 27.3. The standard InChI is InChI=1S/C28H28N4O2/c29-16-3-17-31-19-22(25-4-1-2-5-26(25)31)10-15-27(33)32(24-13-14-24)18-20-6-8-21(9-7-20)28(34)30-23-11-12-23/h1-2,4-10,15,19,23-24H,3,11-14,17-18H2,(H,30,34)/b15-10+. The Bertz CT molecular complexity index is 1270. The van der Waals surface area contributed by atoms with Crippen molar-refractivity contribution in [3.05, 3.63) is 77.5 Å². The normalized spacial score (nSPS) is 15.4. The fourth-order valence-corrected chi connectivity index (χ4v) is 4.25. The number of rotatable bonds is 9. The molecule has 34 heavy (non-hydrogen) atoms. The summed E-state index contributed by atoms with van der Waals surface area (Å²) in [5.41, 5.74) is 3.72. The van der Waals surface area contributed by atoms with E-state index in [4.69, 9.17) is 5.26 Å². The maximum absolute atomic E-state index is 13.1. The van der Waals surface area contributed by atoms with E-state index in [0.29, 0.717) is 31.1 Å². The smallest absolute Gasteiger partial charge is 0.251 e. The highest BCUT2D eigenvalue weighted by Crippen LogP contribution is 2.29. The molecule has 0 atom stereocenters. The Morgan fingerprint density at radius 3 is 2.56 bits per heavy atom. The number of aryl methyl sites for hydroxylation is 1. The molecule has 5 rings (SSSR count). The largest absolute Gasteiger partial charge is 0.349 e. The number of aromatic nitrogens is 1. The van der Waals surface area contributed by atoms with Crippen LogP contribution in [0.5, 0.6) is 0 Å². The Labute approximate surface area is 199 Å². The number of nitrogens with one attached hydrogen (secondary N) is 1. The minimum Gasteiger partial charge on any atom is -0.349 e. The van der Waals surface area contributed by atoms with Crippen LogP contribution >= 0.6 is 0 Å². The van der Waals surface area contributed by atoms with E-state index in [1.54, 1.807) is 6.08 Å². The molecule has 0 saturated heterocycles. The van der Waals surface area contributed by atoms with Gasteiger partial charge in [0.15, 0.2) is 0 Å². The van der Waals surface area contributed by atoms with E-state index < -0.39 is 0 Å². The van der Waals surface area contributed by atoms with E-state index in [9.17, 15) is 9.59 Å². The number of benzene rings is 2. The number of fused-ring (bicyclic) bond motifs is 1. The van der Waals surface area contributed by atoms with Gasteiger partial charge in [-0.1, -0.05) is 30.3 Å². The van der Waals surface area contributed by atoms with Crippen molar-refractivity contribution in [2.75, 3.05) is 0 Å². The van der Waals surface area contributed by atoms with Gasteiger partial charge in [0.05, 0.1) is 12.5 Å². The van der Waals surface area contributed by atoms with Crippen molar-refractivity contribution < 1.29 is 9.59 Å². The zero-order valence-electron chi connectivity index (χ0n) is 19.1. The molecule has 1 N–H and O–H groups in total. The summed E-state index contributed by atoms with van der Waals surface area (Å²) in [6, 6.07) is 18.4. The molecular formula is C28H28N4O2. The molecule has 0 spiro atoms. The molecule has 2 aliphatic carbocycles. The van der Waals surface area contributed by atoms with Crippen molar-refractivity contribution >= 4 is 28.8 Å². The van der Waals surface area contributed by atoms with Gasteiger partial charge >= 0.3 is 0 Å². The van der Waals surface area contributed by atoms with E-state index >= 15 is 0 Å². The maximum Gasteiger partial charge on any atom is 0.251 e. The second-order valence-electron chi connectivity index (χ2n) is 9.18. The summed E-state index contributed by atoms with van der Waals surface area (Å²) >= 11 is 0. The lowest BCUT2D eigenvalue weighted by atomic mass is 10.1. The highest BCUT2D eigenvalue weighted by atomic mass is 16.2. The van der Waals surface area contributed by atoms with Gasteiger partial charge in [-0.2, -0.15) is 5.26 Å². The lowest BCUT2D eigenvalue weighted by Gasteiger charge is -2.21. The maximum atomic E-state index is 13.1. The van der Waals surface area contributed by atoms with Crippen LogP contribution in [-0.4, -0.2) is 33.4 Å². The molecule has 2 aliphatic rings. The average Bonchev–Trinajstić information content (AvgIpc) is 3.79.